The standard InChI is InChI=1S/C59H41N/c1-4-17-42(18-5-1)44-33-37-50(38-34-44)60(51-39-35-45(36-40-51)48-32-31-43-19-10-11-22-47(43)41-48)57-30-16-29-56-58(57)53-26-13-15-28-55(53)59(56,49-23-8-3-9-24-49)54-27-14-12-25-52(54)46-20-6-2-7-21-46/h1-41H. The predicted molar refractivity (Wildman–Crippen MR) is 252 cm³/mol. The first kappa shape index (κ1) is 35.4. The fourth-order valence-electron chi connectivity index (χ4n) is 9.65. The lowest BCUT2D eigenvalue weighted by Crippen LogP contribution is -2.29. The maximum atomic E-state index is 2.46. The van der Waals surface area contributed by atoms with Crippen molar-refractivity contribution in [1.29, 1.82) is 0 Å². The minimum Gasteiger partial charge on any atom is -0.310 e. The van der Waals surface area contributed by atoms with Gasteiger partial charge in [-0.2, -0.15) is 0 Å². The number of nitrogens with zero attached hydrogens (tertiary/aromatic N) is 1. The Bertz CT molecular complexity index is 3120. The van der Waals surface area contributed by atoms with Gasteiger partial charge in [0.25, 0.3) is 0 Å². The fraction of sp³-hybridized carbons (Fsp3) is 0.0169. The Labute approximate surface area is 352 Å². The maximum Gasteiger partial charge on any atom is 0.0720 e. The molecule has 0 spiro atoms. The van der Waals surface area contributed by atoms with E-state index < -0.39 is 5.41 Å². The van der Waals surface area contributed by atoms with Crippen LogP contribution in [-0.2, 0) is 5.41 Å². The second-order valence-electron chi connectivity index (χ2n) is 15.6. The smallest absolute Gasteiger partial charge is 0.0720 e. The second-order valence-corrected chi connectivity index (χ2v) is 15.6. The Morgan fingerprint density at radius 1 is 0.283 bits per heavy atom. The van der Waals surface area contributed by atoms with Crippen molar-refractivity contribution < 1.29 is 0 Å². The summed E-state index contributed by atoms with van der Waals surface area (Å²) in [5.74, 6) is 0. The minimum absolute atomic E-state index is 0.585. The van der Waals surface area contributed by atoms with Crippen molar-refractivity contribution in [2.45, 2.75) is 5.41 Å². The maximum absolute atomic E-state index is 2.46. The Kier molecular flexibility index (Phi) is 8.79. The number of rotatable bonds is 8. The molecule has 10 aromatic rings. The van der Waals surface area contributed by atoms with Crippen LogP contribution in [0.4, 0.5) is 17.1 Å². The summed E-state index contributed by atoms with van der Waals surface area (Å²) in [6.45, 7) is 0. The van der Waals surface area contributed by atoms with E-state index >= 15 is 0 Å². The molecule has 0 aromatic heterocycles. The summed E-state index contributed by atoms with van der Waals surface area (Å²) < 4.78 is 0. The normalized spacial score (nSPS) is 14.1. The van der Waals surface area contributed by atoms with Gasteiger partial charge in [-0.25, -0.2) is 0 Å². The lowest BCUT2D eigenvalue weighted by atomic mass is 9.66. The van der Waals surface area contributed by atoms with E-state index in [0.29, 0.717) is 0 Å². The highest BCUT2D eigenvalue weighted by atomic mass is 15.1. The lowest BCUT2D eigenvalue weighted by Gasteiger charge is -2.36. The summed E-state index contributed by atoms with van der Waals surface area (Å²) in [5, 5.41) is 2.49. The average Bonchev–Trinajstić information content (AvgIpc) is 3.64. The molecule has 10 aromatic carbocycles. The van der Waals surface area contributed by atoms with E-state index in [0.717, 1.165) is 17.1 Å². The fourth-order valence-corrected chi connectivity index (χ4v) is 9.65. The molecule has 1 unspecified atom stereocenters. The first-order valence-corrected chi connectivity index (χ1v) is 20.8. The van der Waals surface area contributed by atoms with E-state index in [-0.39, 0.29) is 0 Å². The molecule has 0 radical (unpaired) electrons. The van der Waals surface area contributed by atoms with Crippen LogP contribution in [0.3, 0.4) is 0 Å². The molecule has 0 saturated heterocycles. The summed E-state index contributed by atoms with van der Waals surface area (Å²) in [6, 6.07) is 91.1. The van der Waals surface area contributed by atoms with Crippen LogP contribution in [0.2, 0.25) is 0 Å². The van der Waals surface area contributed by atoms with Gasteiger partial charge in [0.2, 0.25) is 0 Å². The first-order valence-electron chi connectivity index (χ1n) is 20.8. The van der Waals surface area contributed by atoms with Crippen LogP contribution in [0.25, 0.3) is 55.3 Å². The Morgan fingerprint density at radius 3 is 1.42 bits per heavy atom. The van der Waals surface area contributed by atoms with Gasteiger partial charge in [-0.05, 0) is 108 Å². The number of benzene rings is 10. The van der Waals surface area contributed by atoms with E-state index in [1.165, 1.54) is 77.5 Å². The molecule has 0 saturated carbocycles. The van der Waals surface area contributed by atoms with Gasteiger partial charge in [-0.3, -0.25) is 0 Å². The van der Waals surface area contributed by atoms with Crippen molar-refractivity contribution in [3.8, 4) is 44.5 Å². The van der Waals surface area contributed by atoms with Crippen LogP contribution in [0.1, 0.15) is 22.3 Å². The van der Waals surface area contributed by atoms with E-state index in [2.05, 4.69) is 254 Å². The zero-order valence-electron chi connectivity index (χ0n) is 33.1. The molecule has 1 aliphatic carbocycles. The van der Waals surface area contributed by atoms with E-state index in [1.807, 2.05) is 0 Å². The van der Waals surface area contributed by atoms with Crippen LogP contribution >= 0.6 is 0 Å². The summed E-state index contributed by atoms with van der Waals surface area (Å²) in [5.41, 5.74) is 17.5. The third-order valence-electron chi connectivity index (χ3n) is 12.4. The van der Waals surface area contributed by atoms with Gasteiger partial charge in [-0.1, -0.05) is 212 Å². The quantitative estimate of drug-likeness (QED) is 0.149. The first-order chi connectivity index (χ1) is 29.8. The Balaban J connectivity index is 1.15. The number of fused-ring (bicyclic) bond motifs is 4. The molecule has 0 amide bonds. The SMILES string of the molecule is c1ccc(-c2ccc(N(c3ccc(-c4ccc5ccccc5c4)cc3)c3cccc4c3-c3ccccc3C4(c3ccccc3)c3ccccc3-c3ccccc3)cc2)cc1. The van der Waals surface area contributed by atoms with E-state index in [4.69, 9.17) is 0 Å². The zero-order valence-corrected chi connectivity index (χ0v) is 33.1. The van der Waals surface area contributed by atoms with Crippen molar-refractivity contribution in [2.24, 2.45) is 0 Å². The molecule has 1 nitrogen and oxygen atoms in total. The molecule has 0 heterocycles. The van der Waals surface area contributed by atoms with Crippen molar-refractivity contribution in [2.75, 3.05) is 4.90 Å². The highest BCUT2D eigenvalue weighted by Gasteiger charge is 2.48. The van der Waals surface area contributed by atoms with Crippen molar-refractivity contribution in [1.82, 2.24) is 0 Å². The van der Waals surface area contributed by atoms with Gasteiger partial charge in [-0.15, -0.1) is 0 Å². The minimum atomic E-state index is -0.585. The number of hydrogen-bond acceptors (Lipinski definition) is 1. The highest BCUT2D eigenvalue weighted by molar-refractivity contribution is 5.98. The molecule has 282 valence electrons. The van der Waals surface area contributed by atoms with Crippen LogP contribution in [0, 0.1) is 0 Å². The lowest BCUT2D eigenvalue weighted by molar-refractivity contribution is 0.770. The Hall–Kier alpha value is -7.74. The molecule has 1 atom stereocenters. The Morgan fingerprint density at radius 2 is 0.750 bits per heavy atom. The van der Waals surface area contributed by atoms with Gasteiger partial charge in [0.05, 0.1) is 11.1 Å². The van der Waals surface area contributed by atoms with Crippen LogP contribution in [-0.4, -0.2) is 0 Å². The van der Waals surface area contributed by atoms with Crippen LogP contribution in [0.15, 0.2) is 249 Å². The van der Waals surface area contributed by atoms with Crippen LogP contribution < -0.4 is 4.90 Å². The molecule has 0 aliphatic heterocycles. The third kappa shape index (κ3) is 5.86. The van der Waals surface area contributed by atoms with E-state index in [9.17, 15) is 0 Å². The predicted octanol–water partition coefficient (Wildman–Crippen LogP) is 15.7. The van der Waals surface area contributed by atoms with Gasteiger partial charge in [0, 0.05) is 16.9 Å². The number of anilines is 3. The molecular formula is C59H41N. The van der Waals surface area contributed by atoms with Crippen molar-refractivity contribution in [3.05, 3.63) is 271 Å². The summed E-state index contributed by atoms with van der Waals surface area (Å²) in [7, 11) is 0. The largest absolute Gasteiger partial charge is 0.310 e. The summed E-state index contributed by atoms with van der Waals surface area (Å²) >= 11 is 0. The molecule has 0 fully saturated rings. The van der Waals surface area contributed by atoms with Crippen molar-refractivity contribution in [3.63, 3.8) is 0 Å². The number of hydrogen-bond donors (Lipinski definition) is 0. The van der Waals surface area contributed by atoms with E-state index in [1.54, 1.807) is 0 Å². The molecule has 1 heteroatoms. The molecule has 60 heavy (non-hydrogen) atoms. The molecule has 0 bridgehead atoms. The second kappa shape index (κ2) is 14.9. The molecule has 0 N–H and O–H groups in total. The average molecular weight is 764 g/mol. The zero-order chi connectivity index (χ0) is 39.9. The van der Waals surface area contributed by atoms with Gasteiger partial charge < -0.3 is 4.90 Å². The summed E-state index contributed by atoms with van der Waals surface area (Å²) in [4.78, 5) is 2.46. The summed E-state index contributed by atoms with van der Waals surface area (Å²) in [6.07, 6.45) is 0. The topological polar surface area (TPSA) is 3.24 Å². The van der Waals surface area contributed by atoms with Gasteiger partial charge in [0.15, 0.2) is 0 Å². The van der Waals surface area contributed by atoms with Gasteiger partial charge in [0.1, 0.15) is 0 Å². The monoisotopic (exact) mass is 763 g/mol. The molecular weight excluding hydrogens is 723 g/mol. The highest BCUT2D eigenvalue weighted by Crippen LogP contribution is 2.60. The van der Waals surface area contributed by atoms with Gasteiger partial charge >= 0.3 is 0 Å². The molecule has 11 rings (SSSR count). The third-order valence-corrected chi connectivity index (χ3v) is 12.4. The van der Waals surface area contributed by atoms with Crippen molar-refractivity contribution >= 4 is 27.8 Å². The molecule has 1 aliphatic rings. The van der Waals surface area contributed by atoms with Crippen LogP contribution in [0.5, 0.6) is 0 Å².